The normalized spacial score (nSPS) is 10.8. The zero-order valence-electron chi connectivity index (χ0n) is 15.1. The molecular formula is C21H15ClN4O3. The lowest BCUT2D eigenvalue weighted by atomic mass is 10.1. The van der Waals surface area contributed by atoms with Crippen molar-refractivity contribution in [1.82, 2.24) is 14.5 Å². The molecule has 0 aliphatic heterocycles. The third kappa shape index (κ3) is 3.68. The zero-order valence-corrected chi connectivity index (χ0v) is 15.8. The van der Waals surface area contributed by atoms with Gasteiger partial charge in [-0.05, 0) is 35.9 Å². The molecule has 0 radical (unpaired) electrons. The number of aromatic nitrogens is 3. The number of aromatic amines is 1. The Balaban J connectivity index is 1.70. The average molecular weight is 407 g/mol. The van der Waals surface area contributed by atoms with Crippen LogP contribution < -0.4 is 16.6 Å². The van der Waals surface area contributed by atoms with Crippen LogP contribution in [0.15, 0.2) is 76.6 Å². The summed E-state index contributed by atoms with van der Waals surface area (Å²) in [6, 6.07) is 15.8. The molecule has 0 atom stereocenters. The lowest BCUT2D eigenvalue weighted by Crippen LogP contribution is -2.39. The van der Waals surface area contributed by atoms with Crippen LogP contribution in [0.1, 0.15) is 15.9 Å². The lowest BCUT2D eigenvalue weighted by molar-refractivity contribution is 0.102. The Bertz CT molecular complexity index is 1340. The van der Waals surface area contributed by atoms with E-state index < -0.39 is 17.2 Å². The van der Waals surface area contributed by atoms with Crippen molar-refractivity contribution >= 4 is 34.1 Å². The minimum absolute atomic E-state index is 0.0485. The Hall–Kier alpha value is -3.71. The second kappa shape index (κ2) is 7.73. The number of hydrogen-bond donors (Lipinski definition) is 2. The maximum Gasteiger partial charge on any atom is 0.328 e. The predicted molar refractivity (Wildman–Crippen MR) is 112 cm³/mol. The van der Waals surface area contributed by atoms with E-state index in [1.165, 1.54) is 0 Å². The Kier molecular flexibility index (Phi) is 4.97. The Labute approximate surface area is 169 Å². The molecule has 2 heterocycles. The second-order valence-electron chi connectivity index (χ2n) is 6.32. The fourth-order valence-electron chi connectivity index (χ4n) is 3.02. The number of nitrogens with zero attached hydrogens (tertiary/aromatic N) is 2. The van der Waals surface area contributed by atoms with E-state index in [1.54, 1.807) is 48.7 Å². The highest BCUT2D eigenvalue weighted by Gasteiger charge is 2.16. The van der Waals surface area contributed by atoms with Crippen molar-refractivity contribution in [2.75, 3.05) is 5.32 Å². The molecule has 0 aliphatic carbocycles. The maximum absolute atomic E-state index is 12.8. The number of amides is 1. The molecule has 0 saturated heterocycles. The van der Waals surface area contributed by atoms with Gasteiger partial charge in [-0.15, -0.1) is 0 Å². The topological polar surface area (TPSA) is 96.8 Å². The zero-order chi connectivity index (χ0) is 20.4. The number of anilines is 1. The summed E-state index contributed by atoms with van der Waals surface area (Å²) in [5, 5.41) is 3.89. The van der Waals surface area contributed by atoms with Gasteiger partial charge in [0, 0.05) is 22.8 Å². The molecule has 0 aliphatic rings. The highest BCUT2D eigenvalue weighted by Crippen LogP contribution is 2.21. The number of fused-ring (bicyclic) bond motifs is 1. The van der Waals surface area contributed by atoms with Crippen LogP contribution >= 0.6 is 11.6 Å². The van der Waals surface area contributed by atoms with Crippen LogP contribution in [0.5, 0.6) is 0 Å². The second-order valence-corrected chi connectivity index (χ2v) is 6.73. The predicted octanol–water partition coefficient (Wildman–Crippen LogP) is 3.04. The number of rotatable bonds is 4. The van der Waals surface area contributed by atoms with Gasteiger partial charge >= 0.3 is 5.69 Å². The van der Waals surface area contributed by atoms with Gasteiger partial charge in [0.05, 0.1) is 17.7 Å². The third-order valence-electron chi connectivity index (χ3n) is 4.49. The lowest BCUT2D eigenvalue weighted by Gasteiger charge is -2.10. The number of benzene rings is 2. The molecule has 0 spiro atoms. The fraction of sp³-hybridized carbons (Fsp3) is 0.0476. The molecule has 0 unspecified atom stereocenters. The van der Waals surface area contributed by atoms with Crippen molar-refractivity contribution in [1.29, 1.82) is 0 Å². The van der Waals surface area contributed by atoms with E-state index in [1.807, 2.05) is 12.1 Å². The number of nitrogens with one attached hydrogen (secondary N) is 2. The van der Waals surface area contributed by atoms with E-state index in [-0.39, 0.29) is 12.1 Å². The first kappa shape index (κ1) is 18.6. The molecule has 144 valence electrons. The first-order valence-electron chi connectivity index (χ1n) is 8.75. The molecule has 0 bridgehead atoms. The number of pyridine rings is 1. The van der Waals surface area contributed by atoms with Gasteiger partial charge in [-0.1, -0.05) is 35.9 Å². The number of hydrogen-bond acceptors (Lipinski definition) is 4. The van der Waals surface area contributed by atoms with E-state index in [0.717, 1.165) is 16.2 Å². The SMILES string of the molecule is O=C(Nc1cccc2ncccc12)c1c[nH]c(=O)n(Cc2ccccc2Cl)c1=O. The van der Waals surface area contributed by atoms with Crippen LogP contribution in [-0.2, 0) is 6.54 Å². The van der Waals surface area contributed by atoms with Crippen LogP contribution in [0.4, 0.5) is 5.69 Å². The van der Waals surface area contributed by atoms with Crippen molar-refractivity contribution in [3.63, 3.8) is 0 Å². The third-order valence-corrected chi connectivity index (χ3v) is 4.85. The highest BCUT2D eigenvalue weighted by molar-refractivity contribution is 6.31. The van der Waals surface area contributed by atoms with Gasteiger partial charge in [-0.2, -0.15) is 0 Å². The monoisotopic (exact) mass is 406 g/mol. The molecule has 2 N–H and O–H groups in total. The van der Waals surface area contributed by atoms with Gasteiger partial charge in [0.25, 0.3) is 11.5 Å². The molecule has 4 aromatic rings. The smallest absolute Gasteiger partial charge is 0.321 e. The quantitative estimate of drug-likeness (QED) is 0.544. The molecule has 7 nitrogen and oxygen atoms in total. The molecule has 1 amide bonds. The number of H-pyrrole nitrogens is 1. The summed E-state index contributed by atoms with van der Waals surface area (Å²) < 4.78 is 0.945. The minimum atomic E-state index is -0.704. The molecule has 0 fully saturated rings. The van der Waals surface area contributed by atoms with Crippen LogP contribution in [0.2, 0.25) is 5.02 Å². The van der Waals surface area contributed by atoms with Crippen LogP contribution in [0, 0.1) is 0 Å². The molecule has 4 rings (SSSR count). The fourth-order valence-corrected chi connectivity index (χ4v) is 3.21. The van der Waals surface area contributed by atoms with Crippen molar-refractivity contribution < 1.29 is 4.79 Å². The standard InChI is InChI=1S/C21H15ClN4O3/c22-16-7-2-1-5-13(16)12-26-20(28)15(11-24-21(26)29)19(27)25-18-9-3-8-17-14(18)6-4-10-23-17/h1-11H,12H2,(H,24,29)(H,25,27). The van der Waals surface area contributed by atoms with Crippen molar-refractivity contribution in [2.45, 2.75) is 6.54 Å². The van der Waals surface area contributed by atoms with E-state index in [9.17, 15) is 14.4 Å². The molecule has 8 heteroatoms. The van der Waals surface area contributed by atoms with Gasteiger partial charge in [-0.25, -0.2) is 4.79 Å². The Morgan fingerprint density at radius 2 is 1.90 bits per heavy atom. The summed E-state index contributed by atoms with van der Waals surface area (Å²) in [5.74, 6) is -0.629. The van der Waals surface area contributed by atoms with Gasteiger partial charge in [0.2, 0.25) is 0 Å². The van der Waals surface area contributed by atoms with E-state index >= 15 is 0 Å². The summed E-state index contributed by atoms with van der Waals surface area (Å²) in [4.78, 5) is 44.5. The van der Waals surface area contributed by atoms with Crippen LogP contribution in [0.25, 0.3) is 10.9 Å². The summed E-state index contributed by atoms with van der Waals surface area (Å²) in [7, 11) is 0. The molecule has 2 aromatic heterocycles. The average Bonchev–Trinajstić information content (AvgIpc) is 2.72. The summed E-state index contributed by atoms with van der Waals surface area (Å²) >= 11 is 6.13. The van der Waals surface area contributed by atoms with Gasteiger partial charge in [-0.3, -0.25) is 19.1 Å². The molecular weight excluding hydrogens is 392 g/mol. The van der Waals surface area contributed by atoms with Gasteiger partial charge < -0.3 is 10.3 Å². The first-order valence-corrected chi connectivity index (χ1v) is 9.13. The van der Waals surface area contributed by atoms with Gasteiger partial charge in [0.1, 0.15) is 5.56 Å². The Morgan fingerprint density at radius 1 is 1.07 bits per heavy atom. The number of carbonyl (C=O) groups is 1. The van der Waals surface area contributed by atoms with E-state index in [0.29, 0.717) is 21.8 Å². The molecule has 29 heavy (non-hydrogen) atoms. The summed E-state index contributed by atoms with van der Waals surface area (Å²) in [5.41, 5.74) is 0.314. The summed E-state index contributed by atoms with van der Waals surface area (Å²) in [6.45, 7) is -0.0485. The Morgan fingerprint density at radius 3 is 2.72 bits per heavy atom. The van der Waals surface area contributed by atoms with Crippen LogP contribution in [-0.4, -0.2) is 20.4 Å². The minimum Gasteiger partial charge on any atom is -0.321 e. The largest absolute Gasteiger partial charge is 0.328 e. The molecule has 2 aromatic carbocycles. The van der Waals surface area contributed by atoms with Crippen molar-refractivity contribution in [3.8, 4) is 0 Å². The van der Waals surface area contributed by atoms with Crippen molar-refractivity contribution in [2.24, 2.45) is 0 Å². The first-order chi connectivity index (χ1) is 14.0. The highest BCUT2D eigenvalue weighted by atomic mass is 35.5. The van der Waals surface area contributed by atoms with Crippen LogP contribution in [0.3, 0.4) is 0 Å². The number of halogens is 1. The van der Waals surface area contributed by atoms with E-state index in [2.05, 4.69) is 15.3 Å². The van der Waals surface area contributed by atoms with Gasteiger partial charge in [0.15, 0.2) is 0 Å². The van der Waals surface area contributed by atoms with Crippen molar-refractivity contribution in [3.05, 3.63) is 104 Å². The maximum atomic E-state index is 12.8. The number of carbonyl (C=O) groups excluding carboxylic acids is 1. The summed E-state index contributed by atoms with van der Waals surface area (Å²) in [6.07, 6.45) is 2.77. The molecule has 0 saturated carbocycles. The van der Waals surface area contributed by atoms with E-state index in [4.69, 9.17) is 11.6 Å².